The van der Waals surface area contributed by atoms with Crippen LogP contribution in [0.3, 0.4) is 0 Å². The van der Waals surface area contributed by atoms with Crippen molar-refractivity contribution in [1.29, 1.82) is 0 Å². The minimum absolute atomic E-state index is 0.0657. The van der Waals surface area contributed by atoms with E-state index in [0.717, 1.165) is 5.69 Å². The first-order valence-corrected chi connectivity index (χ1v) is 5.88. The van der Waals surface area contributed by atoms with Gasteiger partial charge in [-0.2, -0.15) is 0 Å². The molecular formula is C14H22N2O. The maximum atomic E-state index is 11.7. The Hall–Kier alpha value is -1.35. The molecule has 0 saturated heterocycles. The number of carbonyl (C=O) groups is 1. The summed E-state index contributed by atoms with van der Waals surface area (Å²) in [6.45, 7) is 6.89. The molecule has 0 atom stereocenters. The Labute approximate surface area is 104 Å². The van der Waals surface area contributed by atoms with Gasteiger partial charge in [0.2, 0.25) is 5.91 Å². The molecule has 0 radical (unpaired) electrons. The lowest BCUT2D eigenvalue weighted by Crippen LogP contribution is -2.34. The molecule has 1 rings (SSSR count). The predicted molar refractivity (Wildman–Crippen MR) is 72.5 cm³/mol. The fraction of sp³-hybridized carbons (Fsp3) is 0.500. The second-order valence-corrected chi connectivity index (χ2v) is 5.28. The SMILES string of the molecule is CNCC(=O)N(C)c1ccc(C(C)(C)C)cc1. The van der Waals surface area contributed by atoms with Gasteiger partial charge in [0.1, 0.15) is 0 Å². The summed E-state index contributed by atoms with van der Waals surface area (Å²) in [6, 6.07) is 8.15. The zero-order chi connectivity index (χ0) is 13.1. The third kappa shape index (κ3) is 3.56. The molecule has 0 aliphatic heterocycles. The largest absolute Gasteiger partial charge is 0.314 e. The average molecular weight is 234 g/mol. The molecule has 17 heavy (non-hydrogen) atoms. The van der Waals surface area contributed by atoms with E-state index in [0.29, 0.717) is 6.54 Å². The molecule has 1 aromatic carbocycles. The van der Waals surface area contributed by atoms with Crippen LogP contribution in [0.5, 0.6) is 0 Å². The van der Waals surface area contributed by atoms with E-state index in [1.54, 1.807) is 19.0 Å². The van der Waals surface area contributed by atoms with Crippen LogP contribution in [0.25, 0.3) is 0 Å². The van der Waals surface area contributed by atoms with Gasteiger partial charge in [-0.15, -0.1) is 0 Å². The van der Waals surface area contributed by atoms with E-state index in [9.17, 15) is 4.79 Å². The number of rotatable bonds is 3. The lowest BCUT2D eigenvalue weighted by atomic mass is 9.87. The molecule has 3 heteroatoms. The topological polar surface area (TPSA) is 32.3 Å². The molecule has 0 spiro atoms. The van der Waals surface area contributed by atoms with Gasteiger partial charge < -0.3 is 10.2 Å². The van der Waals surface area contributed by atoms with Crippen LogP contribution >= 0.6 is 0 Å². The maximum absolute atomic E-state index is 11.7. The van der Waals surface area contributed by atoms with Gasteiger partial charge in [-0.05, 0) is 30.2 Å². The molecule has 1 N–H and O–H groups in total. The first-order valence-electron chi connectivity index (χ1n) is 5.88. The quantitative estimate of drug-likeness (QED) is 0.869. The first kappa shape index (κ1) is 13.7. The maximum Gasteiger partial charge on any atom is 0.240 e. The van der Waals surface area contributed by atoms with Crippen LogP contribution in [-0.2, 0) is 10.2 Å². The first-order chi connectivity index (χ1) is 7.86. The summed E-state index contributed by atoms with van der Waals surface area (Å²) in [5.74, 6) is 0.0657. The number of nitrogens with one attached hydrogen (secondary N) is 1. The highest BCUT2D eigenvalue weighted by Crippen LogP contribution is 2.24. The van der Waals surface area contributed by atoms with Crippen molar-refractivity contribution in [3.63, 3.8) is 0 Å². The Kier molecular flexibility index (Phi) is 4.29. The van der Waals surface area contributed by atoms with Crippen molar-refractivity contribution in [2.45, 2.75) is 26.2 Å². The molecule has 0 saturated carbocycles. The molecule has 0 fully saturated rings. The summed E-state index contributed by atoms with van der Waals surface area (Å²) in [7, 11) is 3.57. The molecule has 0 heterocycles. The minimum atomic E-state index is 0.0657. The van der Waals surface area contributed by atoms with E-state index in [-0.39, 0.29) is 11.3 Å². The van der Waals surface area contributed by atoms with Crippen LogP contribution in [0.4, 0.5) is 5.69 Å². The summed E-state index contributed by atoms with van der Waals surface area (Å²) in [6.07, 6.45) is 0. The Morgan fingerprint density at radius 2 is 1.76 bits per heavy atom. The molecule has 0 unspecified atom stereocenters. The second kappa shape index (κ2) is 5.32. The zero-order valence-electron chi connectivity index (χ0n) is 11.4. The summed E-state index contributed by atoms with van der Waals surface area (Å²) in [5.41, 5.74) is 2.35. The fourth-order valence-electron chi connectivity index (χ4n) is 1.60. The second-order valence-electron chi connectivity index (χ2n) is 5.28. The molecular weight excluding hydrogens is 212 g/mol. The van der Waals surface area contributed by atoms with Gasteiger partial charge >= 0.3 is 0 Å². The third-order valence-electron chi connectivity index (χ3n) is 2.82. The Morgan fingerprint density at radius 1 is 1.24 bits per heavy atom. The molecule has 0 aliphatic carbocycles. The van der Waals surface area contributed by atoms with Gasteiger partial charge in [-0.1, -0.05) is 32.9 Å². The average Bonchev–Trinajstić information content (AvgIpc) is 2.27. The van der Waals surface area contributed by atoms with Crippen molar-refractivity contribution in [3.05, 3.63) is 29.8 Å². The summed E-state index contributed by atoms with van der Waals surface area (Å²) < 4.78 is 0. The van der Waals surface area contributed by atoms with Gasteiger partial charge in [0, 0.05) is 12.7 Å². The highest BCUT2D eigenvalue weighted by atomic mass is 16.2. The van der Waals surface area contributed by atoms with Gasteiger partial charge in [0.15, 0.2) is 0 Å². The number of carbonyl (C=O) groups excluding carboxylic acids is 1. The molecule has 0 aromatic heterocycles. The number of hydrogen-bond donors (Lipinski definition) is 1. The number of benzene rings is 1. The normalized spacial score (nSPS) is 11.4. The fourth-order valence-corrected chi connectivity index (χ4v) is 1.60. The molecule has 1 aromatic rings. The van der Waals surface area contributed by atoms with Crippen LogP contribution in [-0.4, -0.2) is 26.5 Å². The van der Waals surface area contributed by atoms with Gasteiger partial charge in [0.25, 0.3) is 0 Å². The summed E-state index contributed by atoms with van der Waals surface area (Å²) in [5, 5.41) is 2.86. The van der Waals surface area contributed by atoms with Crippen LogP contribution in [0, 0.1) is 0 Å². The standard InChI is InChI=1S/C14H22N2O/c1-14(2,3)11-6-8-12(9-7-11)16(5)13(17)10-15-4/h6-9,15H,10H2,1-5H3. The van der Waals surface area contributed by atoms with Crippen LogP contribution in [0.1, 0.15) is 26.3 Å². The van der Waals surface area contributed by atoms with E-state index in [1.165, 1.54) is 5.56 Å². The molecule has 1 amide bonds. The zero-order valence-corrected chi connectivity index (χ0v) is 11.4. The highest BCUT2D eigenvalue weighted by molar-refractivity contribution is 5.94. The van der Waals surface area contributed by atoms with Crippen molar-refractivity contribution in [3.8, 4) is 0 Å². The van der Waals surface area contributed by atoms with Crippen LogP contribution in [0.2, 0.25) is 0 Å². The van der Waals surface area contributed by atoms with Crippen molar-refractivity contribution in [2.75, 3.05) is 25.5 Å². The summed E-state index contributed by atoms with van der Waals surface area (Å²) >= 11 is 0. The van der Waals surface area contributed by atoms with Crippen molar-refractivity contribution < 1.29 is 4.79 Å². The molecule has 94 valence electrons. The van der Waals surface area contributed by atoms with E-state index in [2.05, 4.69) is 38.2 Å². The third-order valence-corrected chi connectivity index (χ3v) is 2.82. The molecule has 3 nitrogen and oxygen atoms in total. The molecule has 0 bridgehead atoms. The monoisotopic (exact) mass is 234 g/mol. The van der Waals surface area contributed by atoms with Crippen molar-refractivity contribution >= 4 is 11.6 Å². The van der Waals surface area contributed by atoms with E-state index in [1.807, 2.05) is 12.1 Å². The van der Waals surface area contributed by atoms with Crippen LogP contribution in [0.15, 0.2) is 24.3 Å². The highest BCUT2D eigenvalue weighted by Gasteiger charge is 2.14. The number of amides is 1. The Bertz CT molecular complexity index is 376. The number of hydrogen-bond acceptors (Lipinski definition) is 2. The lowest BCUT2D eigenvalue weighted by molar-refractivity contribution is -0.117. The minimum Gasteiger partial charge on any atom is -0.314 e. The smallest absolute Gasteiger partial charge is 0.240 e. The van der Waals surface area contributed by atoms with Crippen molar-refractivity contribution in [1.82, 2.24) is 5.32 Å². The molecule has 0 aliphatic rings. The Morgan fingerprint density at radius 3 is 2.18 bits per heavy atom. The van der Waals surface area contributed by atoms with Gasteiger partial charge in [0.05, 0.1) is 6.54 Å². The van der Waals surface area contributed by atoms with E-state index in [4.69, 9.17) is 0 Å². The number of anilines is 1. The summed E-state index contributed by atoms with van der Waals surface area (Å²) in [4.78, 5) is 13.4. The van der Waals surface area contributed by atoms with Crippen molar-refractivity contribution in [2.24, 2.45) is 0 Å². The van der Waals surface area contributed by atoms with E-state index < -0.39 is 0 Å². The Balaban J connectivity index is 2.84. The predicted octanol–water partition coefficient (Wildman–Crippen LogP) is 2.17. The lowest BCUT2D eigenvalue weighted by Gasteiger charge is -2.21. The van der Waals surface area contributed by atoms with E-state index >= 15 is 0 Å². The number of likely N-dealkylation sites (N-methyl/N-ethyl adjacent to an activating group) is 2. The van der Waals surface area contributed by atoms with Gasteiger partial charge in [-0.3, -0.25) is 4.79 Å². The van der Waals surface area contributed by atoms with Gasteiger partial charge in [-0.25, -0.2) is 0 Å². The number of nitrogens with zero attached hydrogens (tertiary/aromatic N) is 1. The van der Waals surface area contributed by atoms with Crippen LogP contribution < -0.4 is 10.2 Å².